The molecule has 0 saturated heterocycles. The monoisotopic (exact) mass is 527 g/mol. The lowest BCUT2D eigenvalue weighted by Crippen LogP contribution is -2.31. The number of hydrogen-bond acceptors (Lipinski definition) is 7. The minimum atomic E-state index is -5.08. The second-order valence-corrected chi connectivity index (χ2v) is 7.11. The van der Waals surface area contributed by atoms with Crippen LogP contribution in [0.4, 0.5) is 26.3 Å². The number of nitrogens with zero attached hydrogens (tertiary/aromatic N) is 3. The number of alkyl halides is 6. The van der Waals surface area contributed by atoms with Gasteiger partial charge in [0.15, 0.2) is 0 Å². The smallest absolute Gasteiger partial charge is 0.481 e. The first kappa shape index (κ1) is 30.6. The molecule has 0 unspecified atom stereocenters. The molecule has 3 rings (SSSR count). The molecule has 2 aromatic heterocycles. The third kappa shape index (κ3) is 10.0. The lowest BCUT2D eigenvalue weighted by Gasteiger charge is -2.29. The molecule has 0 fully saturated rings. The molecule has 2 aromatic rings. The number of methoxy groups -OCH3 is 2. The Balaban J connectivity index is 0.000000383. The molecule has 2 N–H and O–H groups in total. The zero-order valence-corrected chi connectivity index (χ0v) is 19.1. The zero-order valence-electron chi connectivity index (χ0n) is 19.1. The number of hydrogen-bond donors (Lipinski definition) is 2. The number of carbonyl (C=O) groups is 2. The van der Waals surface area contributed by atoms with Crippen LogP contribution in [0.1, 0.15) is 22.3 Å². The number of carboxylic acids is 2. The Labute approximate surface area is 201 Å². The number of aliphatic carboxylic acids is 2. The van der Waals surface area contributed by atoms with Gasteiger partial charge < -0.3 is 19.7 Å². The normalized spacial score (nSPS) is 13.3. The summed E-state index contributed by atoms with van der Waals surface area (Å²) in [5.41, 5.74) is 5.02. The Morgan fingerprint density at radius 1 is 1.03 bits per heavy atom. The second-order valence-electron chi connectivity index (χ2n) is 7.11. The van der Waals surface area contributed by atoms with E-state index in [-0.39, 0.29) is 0 Å². The fourth-order valence-electron chi connectivity index (χ4n) is 3.01. The van der Waals surface area contributed by atoms with E-state index < -0.39 is 24.3 Å². The quantitative estimate of drug-likeness (QED) is 0.563. The van der Waals surface area contributed by atoms with E-state index in [0.29, 0.717) is 12.5 Å². The van der Waals surface area contributed by atoms with E-state index in [0.717, 1.165) is 31.6 Å². The molecule has 0 spiro atoms. The highest BCUT2D eigenvalue weighted by atomic mass is 19.4. The molecular weight excluding hydrogens is 504 g/mol. The van der Waals surface area contributed by atoms with Crippen molar-refractivity contribution < 1.29 is 55.6 Å². The minimum Gasteiger partial charge on any atom is -0.481 e. The molecule has 200 valence electrons. The van der Waals surface area contributed by atoms with E-state index in [1.807, 2.05) is 18.5 Å². The third-order valence-corrected chi connectivity index (χ3v) is 4.53. The van der Waals surface area contributed by atoms with Gasteiger partial charge in [-0.2, -0.15) is 26.3 Å². The molecule has 0 aromatic carbocycles. The van der Waals surface area contributed by atoms with Crippen LogP contribution in [0, 0.1) is 0 Å². The van der Waals surface area contributed by atoms with Gasteiger partial charge in [0.25, 0.3) is 0 Å². The van der Waals surface area contributed by atoms with Gasteiger partial charge in [-0.25, -0.2) is 14.6 Å². The van der Waals surface area contributed by atoms with Crippen molar-refractivity contribution >= 4 is 11.9 Å². The summed E-state index contributed by atoms with van der Waals surface area (Å²) < 4.78 is 74.1. The van der Waals surface area contributed by atoms with Crippen molar-refractivity contribution in [2.75, 3.05) is 20.8 Å². The SMILES string of the molecule is COCc1cncc2c1CCN(Cc1cccnc1OC)C2.O=C(O)C(F)(F)F.O=C(O)C(F)(F)F. The highest BCUT2D eigenvalue weighted by Crippen LogP contribution is 2.25. The number of carboxylic acid groups (broad SMARTS) is 2. The third-order valence-electron chi connectivity index (χ3n) is 4.53. The minimum absolute atomic E-state index is 0.632. The first-order valence-electron chi connectivity index (χ1n) is 9.94. The van der Waals surface area contributed by atoms with Gasteiger partial charge in [0.2, 0.25) is 5.88 Å². The van der Waals surface area contributed by atoms with Crippen molar-refractivity contribution in [1.82, 2.24) is 14.9 Å². The summed E-state index contributed by atoms with van der Waals surface area (Å²) in [4.78, 5) is 28.8. The second kappa shape index (κ2) is 13.6. The van der Waals surface area contributed by atoms with Crippen LogP contribution in [0.15, 0.2) is 30.7 Å². The van der Waals surface area contributed by atoms with Crippen LogP contribution in [-0.4, -0.2) is 70.1 Å². The van der Waals surface area contributed by atoms with E-state index in [2.05, 4.69) is 20.9 Å². The van der Waals surface area contributed by atoms with Crippen molar-refractivity contribution in [1.29, 1.82) is 0 Å². The van der Waals surface area contributed by atoms with Crippen molar-refractivity contribution in [2.45, 2.75) is 38.5 Å². The first-order chi connectivity index (χ1) is 16.7. The predicted molar refractivity (Wildman–Crippen MR) is 111 cm³/mol. The Hall–Kier alpha value is -3.46. The number of ether oxygens (including phenoxy) is 2. The number of halogens is 6. The molecule has 1 aliphatic rings. The number of rotatable bonds is 5. The average molecular weight is 527 g/mol. The maximum absolute atomic E-state index is 10.6. The summed E-state index contributed by atoms with van der Waals surface area (Å²) in [5.74, 6) is -4.81. The van der Waals surface area contributed by atoms with Crippen molar-refractivity contribution in [3.8, 4) is 5.88 Å². The summed E-state index contributed by atoms with van der Waals surface area (Å²) >= 11 is 0. The Kier molecular flexibility index (Phi) is 11.5. The van der Waals surface area contributed by atoms with Gasteiger partial charge in [-0.05, 0) is 29.2 Å². The summed E-state index contributed by atoms with van der Waals surface area (Å²) in [6, 6.07) is 4.02. The fourth-order valence-corrected chi connectivity index (χ4v) is 3.01. The topological polar surface area (TPSA) is 122 Å². The molecule has 0 bridgehead atoms. The van der Waals surface area contributed by atoms with E-state index in [4.69, 9.17) is 29.3 Å². The summed E-state index contributed by atoms with van der Waals surface area (Å²) in [6.45, 7) is 3.39. The highest BCUT2D eigenvalue weighted by Gasteiger charge is 2.38. The molecule has 0 saturated carbocycles. The van der Waals surface area contributed by atoms with Crippen LogP contribution in [0.3, 0.4) is 0 Å². The van der Waals surface area contributed by atoms with Crippen LogP contribution in [0.2, 0.25) is 0 Å². The molecule has 0 radical (unpaired) electrons. The number of pyridine rings is 2. The lowest BCUT2D eigenvalue weighted by molar-refractivity contribution is -0.193. The Morgan fingerprint density at radius 2 is 1.61 bits per heavy atom. The molecule has 36 heavy (non-hydrogen) atoms. The lowest BCUT2D eigenvalue weighted by atomic mass is 9.97. The zero-order chi connectivity index (χ0) is 27.5. The van der Waals surface area contributed by atoms with Gasteiger partial charge in [-0.3, -0.25) is 9.88 Å². The Morgan fingerprint density at radius 3 is 2.11 bits per heavy atom. The highest BCUT2D eigenvalue weighted by molar-refractivity contribution is 5.73. The van der Waals surface area contributed by atoms with Crippen LogP contribution >= 0.6 is 0 Å². The average Bonchev–Trinajstić information content (AvgIpc) is 2.79. The maximum Gasteiger partial charge on any atom is 0.490 e. The predicted octanol–water partition coefficient (Wildman–Crippen LogP) is 3.46. The van der Waals surface area contributed by atoms with Gasteiger partial charge in [0, 0.05) is 50.9 Å². The summed E-state index contributed by atoms with van der Waals surface area (Å²) in [6.07, 6.45) is -3.49. The van der Waals surface area contributed by atoms with Crippen molar-refractivity contribution in [3.63, 3.8) is 0 Å². The number of aromatic nitrogens is 2. The standard InChI is InChI=1S/C17H21N3O2.2C2HF3O2/c1-21-12-15-9-18-8-14-11-20(7-5-16(14)15)10-13-4-3-6-19-17(13)22-2;2*3-2(4,5)1(6)7/h3-4,6,8-9H,5,7,10-12H2,1-2H3;2*(H,6,7). The molecule has 0 atom stereocenters. The van der Waals surface area contributed by atoms with E-state index in [9.17, 15) is 26.3 Å². The van der Waals surface area contributed by atoms with Gasteiger partial charge in [-0.1, -0.05) is 6.07 Å². The number of fused-ring (bicyclic) bond motifs is 1. The van der Waals surface area contributed by atoms with Crippen molar-refractivity contribution in [3.05, 3.63) is 53.0 Å². The fraction of sp³-hybridized carbons (Fsp3) is 0.429. The van der Waals surface area contributed by atoms with Gasteiger partial charge >= 0.3 is 24.3 Å². The van der Waals surface area contributed by atoms with Gasteiger partial charge in [0.1, 0.15) is 0 Å². The molecule has 0 aliphatic carbocycles. The summed E-state index contributed by atoms with van der Waals surface area (Å²) in [5, 5.41) is 14.2. The van der Waals surface area contributed by atoms with Gasteiger partial charge in [-0.15, -0.1) is 0 Å². The molecule has 0 amide bonds. The maximum atomic E-state index is 10.6. The molecule has 3 heterocycles. The van der Waals surface area contributed by atoms with E-state index in [1.54, 1.807) is 20.4 Å². The largest absolute Gasteiger partial charge is 0.490 e. The molecule has 1 aliphatic heterocycles. The van der Waals surface area contributed by atoms with Crippen LogP contribution in [-0.2, 0) is 40.4 Å². The molecule has 9 nitrogen and oxygen atoms in total. The first-order valence-corrected chi connectivity index (χ1v) is 9.94. The van der Waals surface area contributed by atoms with Crippen LogP contribution in [0.5, 0.6) is 5.88 Å². The van der Waals surface area contributed by atoms with E-state index in [1.165, 1.54) is 16.7 Å². The molecule has 15 heteroatoms. The summed E-state index contributed by atoms with van der Waals surface area (Å²) in [7, 11) is 3.39. The molecular formula is C21H23F6N3O6. The van der Waals surface area contributed by atoms with Gasteiger partial charge in [0.05, 0.1) is 13.7 Å². The van der Waals surface area contributed by atoms with Crippen molar-refractivity contribution in [2.24, 2.45) is 0 Å². The van der Waals surface area contributed by atoms with Crippen LogP contribution < -0.4 is 4.74 Å². The van der Waals surface area contributed by atoms with E-state index >= 15 is 0 Å². The van der Waals surface area contributed by atoms with Crippen LogP contribution in [0.25, 0.3) is 0 Å². The Bertz CT molecular complexity index is 992.